The van der Waals surface area contributed by atoms with E-state index in [1.165, 1.54) is 0 Å². The minimum Gasteiger partial charge on any atom is -0.494 e. The van der Waals surface area contributed by atoms with Crippen LogP contribution >= 0.6 is 23.2 Å². The van der Waals surface area contributed by atoms with E-state index in [0.29, 0.717) is 30.3 Å². The number of benzene rings is 3. The largest absolute Gasteiger partial charge is 0.494 e. The van der Waals surface area contributed by atoms with E-state index >= 15 is 0 Å². The van der Waals surface area contributed by atoms with E-state index in [0.717, 1.165) is 58.1 Å². The van der Waals surface area contributed by atoms with Crippen LogP contribution in [0.4, 0.5) is 0 Å². The second-order valence-electron chi connectivity index (χ2n) is 8.94. The second kappa shape index (κ2) is 12.8. The average Bonchev–Trinajstić information content (AvgIpc) is 3.24. The first kappa shape index (κ1) is 26.8. The Balaban J connectivity index is 1.27. The molecule has 0 saturated carbocycles. The SMILES string of the molecule is Cc1cc(OCCCCn2c(CCNC(=O)COc3ccc(Cl)cc3)nc3ccccc32)cc(C)c1Cl. The summed E-state index contributed by atoms with van der Waals surface area (Å²) in [4.78, 5) is 17.1. The van der Waals surface area contributed by atoms with Crippen molar-refractivity contribution in [3.63, 3.8) is 0 Å². The van der Waals surface area contributed by atoms with E-state index in [1.54, 1.807) is 24.3 Å². The third-order valence-corrected chi connectivity index (χ3v) is 6.89. The van der Waals surface area contributed by atoms with E-state index in [1.807, 2.05) is 44.2 Å². The standard InChI is InChI=1S/C29H31Cl2N3O3/c1-20-17-24(18-21(2)29(20)31)36-16-6-5-15-34-26-8-4-3-7-25(26)33-27(34)13-14-32-28(35)19-37-23-11-9-22(30)10-12-23/h3-4,7-12,17-18H,5-6,13-16,19H2,1-2H3,(H,32,35). The number of imidazole rings is 1. The van der Waals surface area contributed by atoms with Crippen molar-refractivity contribution in [1.29, 1.82) is 0 Å². The van der Waals surface area contributed by atoms with Crippen LogP contribution in [0.25, 0.3) is 11.0 Å². The number of amides is 1. The molecule has 1 heterocycles. The summed E-state index contributed by atoms with van der Waals surface area (Å²) in [5.74, 6) is 2.23. The number of hydrogen-bond acceptors (Lipinski definition) is 4. The first-order valence-electron chi connectivity index (χ1n) is 12.4. The first-order valence-corrected chi connectivity index (χ1v) is 13.1. The zero-order valence-corrected chi connectivity index (χ0v) is 22.6. The maximum absolute atomic E-state index is 12.2. The summed E-state index contributed by atoms with van der Waals surface area (Å²) in [7, 11) is 0. The lowest BCUT2D eigenvalue weighted by Gasteiger charge is -2.12. The number of aryl methyl sites for hydroxylation is 3. The van der Waals surface area contributed by atoms with Crippen LogP contribution in [0.2, 0.25) is 10.0 Å². The predicted molar refractivity (Wildman–Crippen MR) is 149 cm³/mol. The summed E-state index contributed by atoms with van der Waals surface area (Å²) < 4.78 is 13.7. The molecule has 4 aromatic rings. The Morgan fingerprint density at radius 1 is 0.946 bits per heavy atom. The van der Waals surface area contributed by atoms with Gasteiger partial charge in [0.2, 0.25) is 0 Å². The topological polar surface area (TPSA) is 65.4 Å². The molecule has 0 unspecified atom stereocenters. The van der Waals surface area contributed by atoms with Crippen molar-refractivity contribution in [2.75, 3.05) is 19.8 Å². The van der Waals surface area contributed by atoms with Gasteiger partial charge in [-0.1, -0.05) is 35.3 Å². The van der Waals surface area contributed by atoms with Gasteiger partial charge in [0, 0.05) is 29.6 Å². The van der Waals surface area contributed by atoms with Crippen molar-refractivity contribution in [3.8, 4) is 11.5 Å². The Kier molecular flexibility index (Phi) is 9.31. The van der Waals surface area contributed by atoms with Crippen LogP contribution in [0.5, 0.6) is 11.5 Å². The molecule has 0 aliphatic rings. The number of fused-ring (bicyclic) bond motifs is 1. The number of unbranched alkanes of at least 4 members (excludes halogenated alkanes) is 1. The quantitative estimate of drug-likeness (QED) is 0.207. The molecule has 194 valence electrons. The summed E-state index contributed by atoms with van der Waals surface area (Å²) in [5, 5.41) is 4.33. The number of para-hydroxylation sites is 2. The van der Waals surface area contributed by atoms with Crippen LogP contribution < -0.4 is 14.8 Å². The Labute approximate surface area is 227 Å². The molecular weight excluding hydrogens is 509 g/mol. The molecule has 1 N–H and O–H groups in total. The van der Waals surface area contributed by atoms with Gasteiger partial charge in [-0.3, -0.25) is 4.79 Å². The van der Waals surface area contributed by atoms with Gasteiger partial charge in [0.1, 0.15) is 17.3 Å². The molecule has 0 aliphatic carbocycles. The molecule has 1 amide bonds. The average molecular weight is 540 g/mol. The van der Waals surface area contributed by atoms with E-state index < -0.39 is 0 Å². The van der Waals surface area contributed by atoms with Gasteiger partial charge in [-0.05, 0) is 86.3 Å². The highest BCUT2D eigenvalue weighted by Gasteiger charge is 2.11. The van der Waals surface area contributed by atoms with Crippen molar-refractivity contribution in [3.05, 3.63) is 87.7 Å². The number of rotatable bonds is 12. The van der Waals surface area contributed by atoms with Crippen LogP contribution in [-0.4, -0.2) is 35.2 Å². The van der Waals surface area contributed by atoms with E-state index in [-0.39, 0.29) is 12.5 Å². The van der Waals surface area contributed by atoms with Crippen LogP contribution in [0.1, 0.15) is 29.8 Å². The highest BCUT2D eigenvalue weighted by Crippen LogP contribution is 2.26. The fraction of sp³-hybridized carbons (Fsp3) is 0.310. The monoisotopic (exact) mass is 539 g/mol. The van der Waals surface area contributed by atoms with Gasteiger partial charge in [0.25, 0.3) is 5.91 Å². The Hall–Kier alpha value is -3.22. The molecule has 0 spiro atoms. The van der Waals surface area contributed by atoms with Gasteiger partial charge in [0.15, 0.2) is 6.61 Å². The zero-order chi connectivity index (χ0) is 26.2. The molecule has 0 radical (unpaired) electrons. The normalized spacial score (nSPS) is 11.0. The smallest absolute Gasteiger partial charge is 0.257 e. The molecule has 4 rings (SSSR count). The van der Waals surface area contributed by atoms with Crippen molar-refractivity contribution in [2.45, 2.75) is 39.7 Å². The summed E-state index contributed by atoms with van der Waals surface area (Å²) in [5.41, 5.74) is 4.10. The van der Waals surface area contributed by atoms with Gasteiger partial charge in [-0.15, -0.1) is 0 Å². The Bertz CT molecular complexity index is 1330. The number of aromatic nitrogens is 2. The molecule has 0 aliphatic heterocycles. The molecule has 0 bridgehead atoms. The van der Waals surface area contributed by atoms with Gasteiger partial charge >= 0.3 is 0 Å². The number of carbonyl (C=O) groups excluding carboxylic acids is 1. The minimum atomic E-state index is -0.178. The van der Waals surface area contributed by atoms with Gasteiger partial charge in [-0.25, -0.2) is 4.98 Å². The van der Waals surface area contributed by atoms with Gasteiger partial charge in [-0.2, -0.15) is 0 Å². The van der Waals surface area contributed by atoms with Crippen LogP contribution in [0.15, 0.2) is 60.7 Å². The lowest BCUT2D eigenvalue weighted by atomic mass is 10.1. The lowest BCUT2D eigenvalue weighted by molar-refractivity contribution is -0.123. The third-order valence-electron chi connectivity index (χ3n) is 6.04. The van der Waals surface area contributed by atoms with Crippen molar-refractivity contribution >= 4 is 40.1 Å². The van der Waals surface area contributed by atoms with E-state index in [9.17, 15) is 4.79 Å². The lowest BCUT2D eigenvalue weighted by Crippen LogP contribution is -2.31. The second-order valence-corrected chi connectivity index (χ2v) is 9.75. The van der Waals surface area contributed by atoms with Crippen LogP contribution in [0, 0.1) is 13.8 Å². The van der Waals surface area contributed by atoms with Gasteiger partial charge < -0.3 is 19.4 Å². The molecule has 6 nitrogen and oxygen atoms in total. The fourth-order valence-electron chi connectivity index (χ4n) is 4.16. The van der Waals surface area contributed by atoms with E-state index in [2.05, 4.69) is 16.0 Å². The summed E-state index contributed by atoms with van der Waals surface area (Å²) in [6.45, 7) is 5.86. The predicted octanol–water partition coefficient (Wildman–Crippen LogP) is 6.56. The fourth-order valence-corrected chi connectivity index (χ4v) is 4.40. The number of ether oxygens (including phenoxy) is 2. The summed E-state index contributed by atoms with van der Waals surface area (Å²) in [6.07, 6.45) is 2.48. The number of nitrogens with one attached hydrogen (secondary N) is 1. The summed E-state index contributed by atoms with van der Waals surface area (Å²) in [6, 6.07) is 19.0. The molecule has 37 heavy (non-hydrogen) atoms. The highest BCUT2D eigenvalue weighted by atomic mass is 35.5. The molecular formula is C29H31Cl2N3O3. The van der Waals surface area contributed by atoms with Crippen LogP contribution in [0.3, 0.4) is 0 Å². The first-order chi connectivity index (χ1) is 17.9. The Morgan fingerprint density at radius 3 is 2.43 bits per heavy atom. The molecule has 8 heteroatoms. The molecule has 0 saturated heterocycles. The molecule has 3 aromatic carbocycles. The number of carbonyl (C=O) groups is 1. The third kappa shape index (κ3) is 7.40. The number of halogens is 2. The van der Waals surface area contributed by atoms with Crippen molar-refractivity contribution in [1.82, 2.24) is 14.9 Å². The maximum atomic E-state index is 12.2. The van der Waals surface area contributed by atoms with E-state index in [4.69, 9.17) is 37.7 Å². The van der Waals surface area contributed by atoms with Gasteiger partial charge in [0.05, 0.1) is 17.6 Å². The highest BCUT2D eigenvalue weighted by molar-refractivity contribution is 6.32. The van der Waals surface area contributed by atoms with Crippen LogP contribution in [-0.2, 0) is 17.8 Å². The zero-order valence-electron chi connectivity index (χ0n) is 21.1. The molecule has 0 atom stereocenters. The minimum absolute atomic E-state index is 0.0509. The number of hydrogen-bond donors (Lipinski definition) is 1. The summed E-state index contributed by atoms with van der Waals surface area (Å²) >= 11 is 12.1. The Morgan fingerprint density at radius 2 is 1.68 bits per heavy atom. The maximum Gasteiger partial charge on any atom is 0.257 e. The van der Waals surface area contributed by atoms with Crippen molar-refractivity contribution in [2.24, 2.45) is 0 Å². The van der Waals surface area contributed by atoms with Crippen molar-refractivity contribution < 1.29 is 14.3 Å². The molecule has 1 aromatic heterocycles. The molecule has 0 fully saturated rings. The number of nitrogens with zero attached hydrogens (tertiary/aromatic N) is 2.